The Hall–Kier alpha value is 0.269. The minimum absolute atomic E-state index is 0. The summed E-state index contributed by atoms with van der Waals surface area (Å²) >= 11 is 0. The predicted molar refractivity (Wildman–Crippen MR) is 115 cm³/mol. The summed E-state index contributed by atoms with van der Waals surface area (Å²) in [6.07, 6.45) is 1.16. The van der Waals surface area contributed by atoms with E-state index in [1.165, 1.54) is 5.56 Å². The Morgan fingerprint density at radius 1 is 0.880 bits per heavy atom. The first-order chi connectivity index (χ1) is 11.2. The van der Waals surface area contributed by atoms with Crippen LogP contribution in [0.2, 0.25) is 0 Å². The molecule has 0 amide bonds. The van der Waals surface area contributed by atoms with Crippen LogP contribution in [0.15, 0.2) is 31.4 Å². The van der Waals surface area contributed by atoms with Crippen LogP contribution in [0.4, 0.5) is 0 Å². The Morgan fingerprint density at radius 2 is 1.36 bits per heavy atom. The van der Waals surface area contributed by atoms with Crippen LogP contribution in [-0.4, -0.2) is 22.6 Å². The Bertz CT molecular complexity index is 408. The summed E-state index contributed by atoms with van der Waals surface area (Å²) in [7, 11) is -0.433. The van der Waals surface area contributed by atoms with Crippen molar-refractivity contribution in [3.63, 3.8) is 0 Å². The zero-order valence-corrected chi connectivity index (χ0v) is 21.5. The van der Waals surface area contributed by atoms with E-state index < -0.39 is 8.15 Å². The van der Waals surface area contributed by atoms with Gasteiger partial charge in [-0.2, -0.15) is 17.7 Å². The van der Waals surface area contributed by atoms with Crippen LogP contribution in [-0.2, 0) is 26.3 Å². The molecule has 25 heavy (non-hydrogen) atoms. The van der Waals surface area contributed by atoms with Gasteiger partial charge in [-0.15, -0.1) is 25.3 Å². The van der Waals surface area contributed by atoms with Crippen molar-refractivity contribution in [2.75, 3.05) is 0 Å². The van der Waals surface area contributed by atoms with Crippen LogP contribution in [0, 0.1) is 6.07 Å². The third kappa shape index (κ3) is 10.2. The molecule has 0 atom stereocenters. The van der Waals surface area contributed by atoms with Gasteiger partial charge in [0.1, 0.15) is 0 Å². The summed E-state index contributed by atoms with van der Waals surface area (Å²) in [5, 5.41) is 0. The van der Waals surface area contributed by atoms with E-state index >= 15 is 0 Å². The van der Waals surface area contributed by atoms with Gasteiger partial charge in [0, 0.05) is 37.2 Å². The van der Waals surface area contributed by atoms with Crippen molar-refractivity contribution >= 4 is 16.1 Å². The molecule has 0 saturated heterocycles. The van der Waals surface area contributed by atoms with Gasteiger partial charge in [-0.1, -0.05) is 63.3 Å². The van der Waals surface area contributed by atoms with Crippen LogP contribution in [0.5, 0.6) is 5.75 Å². The van der Waals surface area contributed by atoms with Gasteiger partial charge in [0.05, 0.1) is 8.15 Å². The van der Waals surface area contributed by atoms with E-state index in [0.29, 0.717) is 11.3 Å². The van der Waals surface area contributed by atoms with Gasteiger partial charge in [-0.25, -0.2) is 0 Å². The molecule has 0 fully saturated rings. The maximum atomic E-state index is 6.30. The maximum Gasteiger partial charge on any atom is 0.0889 e. The molecule has 1 rings (SSSR count). The first-order valence-electron chi connectivity index (χ1n) is 8.95. The molecule has 0 aromatic heterocycles. The average Bonchev–Trinajstić information content (AvgIpc) is 2.51. The molecular formula is C21H37IrOP2-. The molecule has 0 unspecified atom stereocenters. The fraction of sp³-hybridized carbons (Fsp3) is 0.619. The van der Waals surface area contributed by atoms with Crippen LogP contribution in [0.3, 0.4) is 0 Å². The van der Waals surface area contributed by atoms with Crippen LogP contribution < -0.4 is 4.52 Å². The maximum absolute atomic E-state index is 6.30. The molecule has 4 heteroatoms. The second kappa shape index (κ2) is 14.3. The molecule has 0 spiro atoms. The van der Waals surface area contributed by atoms with Crippen LogP contribution >= 0.6 is 16.1 Å². The molecular weight excluding hydrogens is 522 g/mol. The molecule has 1 aromatic rings. The monoisotopic (exact) mass is 560 g/mol. The summed E-state index contributed by atoms with van der Waals surface area (Å²) < 4.78 is 6.30. The van der Waals surface area contributed by atoms with Crippen molar-refractivity contribution in [1.29, 1.82) is 0 Å². The second-order valence-corrected chi connectivity index (χ2v) is 13.4. The molecule has 0 bridgehead atoms. The first kappa shape index (κ1) is 27.5. The van der Waals surface area contributed by atoms with E-state index in [9.17, 15) is 0 Å². The van der Waals surface area contributed by atoms with E-state index in [4.69, 9.17) is 4.52 Å². The normalized spacial score (nSPS) is 11.1. The van der Waals surface area contributed by atoms with Gasteiger partial charge in [0.2, 0.25) is 0 Å². The van der Waals surface area contributed by atoms with Crippen molar-refractivity contribution in [2.45, 2.75) is 84.2 Å². The van der Waals surface area contributed by atoms with E-state index in [1.807, 2.05) is 0 Å². The predicted octanol–water partition coefficient (Wildman–Crippen LogP) is 7.68. The van der Waals surface area contributed by atoms with E-state index in [1.54, 1.807) is 0 Å². The molecule has 1 radical (unpaired) electrons. The molecule has 1 nitrogen and oxygen atoms in total. The van der Waals surface area contributed by atoms with Crippen molar-refractivity contribution in [1.82, 2.24) is 0 Å². The fourth-order valence-corrected chi connectivity index (χ4v) is 7.17. The van der Waals surface area contributed by atoms with Gasteiger partial charge in [0.15, 0.2) is 0 Å². The molecule has 0 aliphatic carbocycles. The standard InChI is InChI=1S/C19H33OP2.C2H4.Ir/c1-14(2)21(15(3)4)13-18-10-9-11-19(12-18)20-22(16(5)6)17(7)8;1-2;/h9-11,14-17H,13H2,1-8H3;1-2H2;/q-1;;. The molecule has 0 N–H and O–H groups in total. The van der Waals surface area contributed by atoms with E-state index in [-0.39, 0.29) is 28.0 Å². The topological polar surface area (TPSA) is 9.23 Å². The van der Waals surface area contributed by atoms with Gasteiger partial charge < -0.3 is 4.52 Å². The molecule has 0 aliphatic rings. The number of hydrogen-bond acceptors (Lipinski definition) is 1. The van der Waals surface area contributed by atoms with Crippen molar-refractivity contribution in [3.8, 4) is 5.75 Å². The summed E-state index contributed by atoms with van der Waals surface area (Å²) in [6, 6.07) is 9.94. The van der Waals surface area contributed by atoms with Gasteiger partial charge in [-0.05, 0) is 17.5 Å². The Balaban J connectivity index is 0. The van der Waals surface area contributed by atoms with E-state index in [2.05, 4.69) is 92.8 Å². The number of hydrogen-bond donors (Lipinski definition) is 0. The third-order valence-electron chi connectivity index (χ3n) is 3.73. The SMILES string of the molecule is C=C.CC(C)P(Cc1[c-]c(OP(C(C)C)C(C)C)ccc1)C(C)C.[Ir]. The smallest absolute Gasteiger partial charge is 0.0889 e. The fourth-order valence-electron chi connectivity index (χ4n) is 2.72. The molecule has 0 aliphatic heterocycles. The number of benzene rings is 1. The minimum Gasteiger partial charge on any atom is -0.499 e. The Kier molecular flexibility index (Phi) is 15.8. The van der Waals surface area contributed by atoms with Gasteiger partial charge >= 0.3 is 0 Å². The van der Waals surface area contributed by atoms with Gasteiger partial charge in [0.25, 0.3) is 0 Å². The van der Waals surface area contributed by atoms with E-state index in [0.717, 1.165) is 23.2 Å². The summed E-state index contributed by atoms with van der Waals surface area (Å²) in [4.78, 5) is 0. The molecule has 0 saturated carbocycles. The van der Waals surface area contributed by atoms with Gasteiger partial charge in [-0.3, -0.25) is 0 Å². The molecule has 147 valence electrons. The Morgan fingerprint density at radius 3 is 1.76 bits per heavy atom. The zero-order valence-electron chi connectivity index (χ0n) is 17.3. The second-order valence-electron chi connectivity index (χ2n) is 7.04. The first-order valence-corrected chi connectivity index (χ1v) is 12.0. The quantitative estimate of drug-likeness (QED) is 0.180. The average molecular weight is 560 g/mol. The summed E-state index contributed by atoms with van der Waals surface area (Å²) in [5.74, 6) is 0.938. The largest absolute Gasteiger partial charge is 0.499 e. The minimum atomic E-state index is -0.439. The van der Waals surface area contributed by atoms with Crippen molar-refractivity contribution in [2.24, 2.45) is 0 Å². The van der Waals surface area contributed by atoms with Crippen molar-refractivity contribution < 1.29 is 24.6 Å². The summed E-state index contributed by atoms with van der Waals surface area (Å²) in [5.41, 5.74) is 3.99. The van der Waals surface area contributed by atoms with Crippen LogP contribution in [0.1, 0.15) is 61.0 Å². The number of rotatable bonds is 8. The zero-order chi connectivity index (χ0) is 18.9. The molecule has 1 aromatic carbocycles. The Labute approximate surface area is 173 Å². The third-order valence-corrected chi connectivity index (χ3v) is 9.53. The summed E-state index contributed by atoms with van der Waals surface area (Å²) in [6.45, 7) is 24.4. The van der Waals surface area contributed by atoms with Crippen LogP contribution in [0.25, 0.3) is 0 Å². The molecule has 0 heterocycles. The van der Waals surface area contributed by atoms with Crippen molar-refractivity contribution in [3.05, 3.63) is 43.0 Å².